The van der Waals surface area contributed by atoms with Gasteiger partial charge >= 0.3 is 5.97 Å². The Balaban J connectivity index is 1.87. The van der Waals surface area contributed by atoms with E-state index < -0.39 is 0 Å². The van der Waals surface area contributed by atoms with Crippen molar-refractivity contribution in [3.8, 4) is 0 Å². The molecule has 0 radical (unpaired) electrons. The molecule has 0 aromatic rings. The number of ether oxygens (including phenoxy) is 3. The minimum atomic E-state index is -0.315. The van der Waals surface area contributed by atoms with Gasteiger partial charge in [0.05, 0.1) is 25.9 Å². The number of hydrogen-bond donors (Lipinski definition) is 1. The fourth-order valence-electron chi connectivity index (χ4n) is 1.97. The Labute approximate surface area is 89.1 Å². The minimum Gasteiger partial charge on any atom is -0.465 e. The zero-order chi connectivity index (χ0) is 10.7. The molecule has 1 unspecified atom stereocenters. The smallest absolute Gasteiger partial charge is 0.325 e. The summed E-state index contributed by atoms with van der Waals surface area (Å²) in [7, 11) is 0. The van der Waals surface area contributed by atoms with E-state index in [1.807, 2.05) is 0 Å². The van der Waals surface area contributed by atoms with Crippen LogP contribution in [0.3, 0.4) is 0 Å². The van der Waals surface area contributed by atoms with Crippen molar-refractivity contribution in [2.24, 2.45) is 0 Å². The van der Waals surface area contributed by atoms with Crippen molar-refractivity contribution in [1.82, 2.24) is 5.32 Å². The standard InChI is InChI=1S/C10H17NO4/c1-2-14-10(12)8-5-15-9-6-13-4-3-7(9)11-8/h7-9,11H,2-6H2,1H3/t7-,8?,9+/m0/s1. The molecule has 15 heavy (non-hydrogen) atoms. The van der Waals surface area contributed by atoms with Gasteiger partial charge in [0.15, 0.2) is 0 Å². The van der Waals surface area contributed by atoms with E-state index in [4.69, 9.17) is 14.2 Å². The summed E-state index contributed by atoms with van der Waals surface area (Å²) in [5.74, 6) is -0.220. The molecule has 0 aliphatic carbocycles. The van der Waals surface area contributed by atoms with Gasteiger partial charge in [0.25, 0.3) is 0 Å². The molecule has 2 aliphatic heterocycles. The highest BCUT2D eigenvalue weighted by Crippen LogP contribution is 2.17. The summed E-state index contributed by atoms with van der Waals surface area (Å²) in [4.78, 5) is 11.5. The molecule has 5 nitrogen and oxygen atoms in total. The van der Waals surface area contributed by atoms with Crippen LogP contribution in [0.15, 0.2) is 0 Å². The quantitative estimate of drug-likeness (QED) is 0.641. The fraction of sp³-hybridized carbons (Fsp3) is 0.900. The molecule has 2 saturated heterocycles. The third-order valence-corrected chi connectivity index (χ3v) is 2.77. The van der Waals surface area contributed by atoms with E-state index >= 15 is 0 Å². The van der Waals surface area contributed by atoms with E-state index in [-0.39, 0.29) is 24.2 Å². The number of hydrogen-bond acceptors (Lipinski definition) is 5. The molecule has 2 rings (SSSR count). The first-order valence-corrected chi connectivity index (χ1v) is 5.43. The first-order chi connectivity index (χ1) is 7.31. The van der Waals surface area contributed by atoms with Gasteiger partial charge < -0.3 is 14.2 Å². The Kier molecular flexibility index (Phi) is 3.56. The fourth-order valence-corrected chi connectivity index (χ4v) is 1.97. The molecule has 0 aromatic heterocycles. The molecule has 3 atom stereocenters. The predicted molar refractivity (Wildman–Crippen MR) is 52.5 cm³/mol. The molecule has 0 saturated carbocycles. The van der Waals surface area contributed by atoms with Crippen LogP contribution in [0.1, 0.15) is 13.3 Å². The number of fused-ring (bicyclic) bond motifs is 1. The van der Waals surface area contributed by atoms with E-state index in [2.05, 4.69) is 5.32 Å². The first kappa shape index (κ1) is 10.9. The zero-order valence-corrected chi connectivity index (χ0v) is 8.90. The second-order valence-corrected chi connectivity index (χ2v) is 3.81. The summed E-state index contributed by atoms with van der Waals surface area (Å²) < 4.78 is 15.8. The molecule has 0 amide bonds. The molecule has 5 heteroatoms. The number of carbonyl (C=O) groups excluding carboxylic acids is 1. The second kappa shape index (κ2) is 4.92. The van der Waals surface area contributed by atoms with Gasteiger partial charge in [-0.05, 0) is 13.3 Å². The van der Waals surface area contributed by atoms with Crippen LogP contribution in [0.25, 0.3) is 0 Å². The Hall–Kier alpha value is -0.650. The maximum atomic E-state index is 11.5. The molecule has 86 valence electrons. The molecular weight excluding hydrogens is 198 g/mol. The van der Waals surface area contributed by atoms with Crippen LogP contribution >= 0.6 is 0 Å². The molecule has 2 aliphatic rings. The van der Waals surface area contributed by atoms with Gasteiger partial charge in [0.2, 0.25) is 0 Å². The average molecular weight is 215 g/mol. The van der Waals surface area contributed by atoms with E-state index in [1.165, 1.54) is 0 Å². The average Bonchev–Trinajstić information content (AvgIpc) is 2.29. The monoisotopic (exact) mass is 215 g/mol. The lowest BCUT2D eigenvalue weighted by Gasteiger charge is -2.39. The predicted octanol–water partition coefficient (Wildman–Crippen LogP) is -0.305. The summed E-state index contributed by atoms with van der Waals surface area (Å²) in [6, 6.07) is -0.0915. The summed E-state index contributed by atoms with van der Waals surface area (Å²) in [5, 5.41) is 3.26. The van der Waals surface area contributed by atoms with Gasteiger partial charge in [-0.15, -0.1) is 0 Å². The minimum absolute atomic E-state index is 0.0874. The van der Waals surface area contributed by atoms with Gasteiger partial charge in [-0.2, -0.15) is 0 Å². The zero-order valence-electron chi connectivity index (χ0n) is 8.90. The maximum absolute atomic E-state index is 11.5. The van der Waals surface area contributed by atoms with Crippen LogP contribution in [0.4, 0.5) is 0 Å². The van der Waals surface area contributed by atoms with Gasteiger partial charge in [-0.1, -0.05) is 0 Å². The van der Waals surface area contributed by atoms with Crippen LogP contribution in [0.2, 0.25) is 0 Å². The lowest BCUT2D eigenvalue weighted by Crippen LogP contribution is -2.60. The molecule has 0 aromatic carbocycles. The van der Waals surface area contributed by atoms with Crippen LogP contribution in [-0.2, 0) is 19.0 Å². The van der Waals surface area contributed by atoms with Gasteiger partial charge in [0.1, 0.15) is 6.04 Å². The topological polar surface area (TPSA) is 56.8 Å². The molecular formula is C10H17NO4. The SMILES string of the molecule is CCOC(=O)C1CO[C@@H]2COCC[C@@H]2N1. The number of esters is 1. The lowest BCUT2D eigenvalue weighted by molar-refractivity contribution is -0.157. The highest BCUT2D eigenvalue weighted by atomic mass is 16.6. The van der Waals surface area contributed by atoms with E-state index in [1.54, 1.807) is 6.92 Å². The van der Waals surface area contributed by atoms with Crippen molar-refractivity contribution >= 4 is 5.97 Å². The van der Waals surface area contributed by atoms with Crippen molar-refractivity contribution < 1.29 is 19.0 Å². The molecule has 0 bridgehead atoms. The van der Waals surface area contributed by atoms with E-state index in [0.717, 1.165) is 13.0 Å². The van der Waals surface area contributed by atoms with E-state index in [9.17, 15) is 4.79 Å². The Morgan fingerprint density at radius 2 is 2.40 bits per heavy atom. The summed E-state index contributed by atoms with van der Waals surface area (Å²) in [6.07, 6.45) is 0.977. The summed E-state index contributed by atoms with van der Waals surface area (Å²) in [6.45, 7) is 3.94. The lowest BCUT2D eigenvalue weighted by atomic mass is 10.0. The van der Waals surface area contributed by atoms with Crippen molar-refractivity contribution in [1.29, 1.82) is 0 Å². The molecule has 2 heterocycles. The van der Waals surface area contributed by atoms with E-state index in [0.29, 0.717) is 19.8 Å². The van der Waals surface area contributed by atoms with Crippen LogP contribution < -0.4 is 5.32 Å². The molecule has 0 spiro atoms. The number of carbonyl (C=O) groups is 1. The molecule has 1 N–H and O–H groups in total. The van der Waals surface area contributed by atoms with Crippen molar-refractivity contribution in [2.75, 3.05) is 26.4 Å². The second-order valence-electron chi connectivity index (χ2n) is 3.81. The van der Waals surface area contributed by atoms with Crippen molar-refractivity contribution in [2.45, 2.75) is 31.5 Å². The Morgan fingerprint density at radius 1 is 1.53 bits per heavy atom. The summed E-state index contributed by atoms with van der Waals surface area (Å²) in [5.41, 5.74) is 0. The Morgan fingerprint density at radius 3 is 3.20 bits per heavy atom. The number of morpholine rings is 1. The number of nitrogens with one attached hydrogen (secondary N) is 1. The maximum Gasteiger partial charge on any atom is 0.325 e. The van der Waals surface area contributed by atoms with Crippen LogP contribution in [0, 0.1) is 0 Å². The van der Waals surface area contributed by atoms with Gasteiger partial charge in [-0.3, -0.25) is 10.1 Å². The normalized spacial score (nSPS) is 35.7. The highest BCUT2D eigenvalue weighted by Gasteiger charge is 2.36. The largest absolute Gasteiger partial charge is 0.465 e. The summed E-state index contributed by atoms with van der Waals surface area (Å²) >= 11 is 0. The third-order valence-electron chi connectivity index (χ3n) is 2.77. The highest BCUT2D eigenvalue weighted by molar-refractivity contribution is 5.76. The first-order valence-electron chi connectivity index (χ1n) is 5.43. The van der Waals surface area contributed by atoms with Gasteiger partial charge in [0, 0.05) is 12.6 Å². The van der Waals surface area contributed by atoms with Crippen molar-refractivity contribution in [3.05, 3.63) is 0 Å². The third kappa shape index (κ3) is 2.48. The van der Waals surface area contributed by atoms with Crippen LogP contribution in [-0.4, -0.2) is 50.6 Å². The Bertz CT molecular complexity index is 233. The van der Waals surface area contributed by atoms with Crippen LogP contribution in [0.5, 0.6) is 0 Å². The van der Waals surface area contributed by atoms with Crippen molar-refractivity contribution in [3.63, 3.8) is 0 Å². The number of rotatable bonds is 2. The van der Waals surface area contributed by atoms with Gasteiger partial charge in [-0.25, -0.2) is 0 Å². The molecule has 2 fully saturated rings.